The molecule has 20 heavy (non-hydrogen) atoms. The van der Waals surface area contributed by atoms with Crippen LogP contribution in [0.25, 0.3) is 0 Å². The number of benzene rings is 1. The predicted octanol–water partition coefficient (Wildman–Crippen LogP) is 0.787. The molecule has 0 bridgehead atoms. The first-order valence-electron chi connectivity index (χ1n) is 6.55. The number of sulfone groups is 1. The maximum absolute atomic E-state index is 11.7. The van der Waals surface area contributed by atoms with E-state index in [1.165, 1.54) is 6.92 Å². The number of nitrogens with one attached hydrogen (secondary N) is 1. The van der Waals surface area contributed by atoms with Gasteiger partial charge in [0.1, 0.15) is 11.0 Å². The van der Waals surface area contributed by atoms with Crippen molar-refractivity contribution in [2.45, 2.75) is 18.6 Å². The molecule has 1 heterocycles. The highest BCUT2D eigenvalue weighted by Crippen LogP contribution is 2.26. The van der Waals surface area contributed by atoms with Gasteiger partial charge in [-0.1, -0.05) is 18.2 Å². The second-order valence-electron chi connectivity index (χ2n) is 5.21. The number of ether oxygens (including phenoxy) is 1. The van der Waals surface area contributed by atoms with E-state index in [1.54, 1.807) is 0 Å². The van der Waals surface area contributed by atoms with Crippen molar-refractivity contribution in [1.82, 2.24) is 5.32 Å². The van der Waals surface area contributed by atoms with Crippen LogP contribution in [0.2, 0.25) is 0 Å². The maximum atomic E-state index is 11.7. The lowest BCUT2D eigenvalue weighted by atomic mass is 9.97. The van der Waals surface area contributed by atoms with Crippen molar-refractivity contribution in [3.63, 3.8) is 0 Å². The molecule has 0 saturated carbocycles. The van der Waals surface area contributed by atoms with E-state index in [0.29, 0.717) is 13.2 Å². The van der Waals surface area contributed by atoms with E-state index in [2.05, 4.69) is 5.32 Å². The molecule has 1 aromatic carbocycles. The van der Waals surface area contributed by atoms with E-state index in [-0.39, 0.29) is 5.92 Å². The molecule has 1 amide bonds. The van der Waals surface area contributed by atoms with Gasteiger partial charge in [-0.2, -0.15) is 0 Å². The first-order valence-corrected chi connectivity index (χ1v) is 8.50. The van der Waals surface area contributed by atoms with Crippen molar-refractivity contribution in [3.8, 4) is 5.75 Å². The summed E-state index contributed by atoms with van der Waals surface area (Å²) in [5.41, 5.74) is 1.12. The molecule has 2 atom stereocenters. The fraction of sp³-hybridized carbons (Fsp3) is 0.500. The molecule has 2 rings (SSSR count). The molecular formula is C14H19NO4S. The van der Waals surface area contributed by atoms with Crippen LogP contribution in [0.3, 0.4) is 0 Å². The van der Waals surface area contributed by atoms with Gasteiger partial charge in [0, 0.05) is 18.7 Å². The van der Waals surface area contributed by atoms with Gasteiger partial charge in [0.25, 0.3) is 0 Å². The summed E-state index contributed by atoms with van der Waals surface area (Å²) >= 11 is 0. The van der Waals surface area contributed by atoms with Crippen LogP contribution in [0.5, 0.6) is 5.75 Å². The Morgan fingerprint density at radius 2 is 2.15 bits per heavy atom. The average Bonchev–Trinajstić information content (AvgIpc) is 2.42. The van der Waals surface area contributed by atoms with Gasteiger partial charge in [-0.15, -0.1) is 0 Å². The van der Waals surface area contributed by atoms with Crippen molar-refractivity contribution in [2.75, 3.05) is 19.4 Å². The summed E-state index contributed by atoms with van der Waals surface area (Å²) in [6.07, 6.45) is 1.89. The third-order valence-corrected chi connectivity index (χ3v) is 5.03. The fourth-order valence-electron chi connectivity index (χ4n) is 2.11. The molecule has 0 aromatic heterocycles. The minimum Gasteiger partial charge on any atom is -0.493 e. The van der Waals surface area contributed by atoms with Gasteiger partial charge in [0.05, 0.1) is 6.61 Å². The van der Waals surface area contributed by atoms with Crippen LogP contribution < -0.4 is 10.1 Å². The van der Waals surface area contributed by atoms with Crippen LogP contribution in [0, 0.1) is 5.92 Å². The second kappa shape index (κ2) is 5.83. The molecule has 1 aliphatic heterocycles. The minimum absolute atomic E-state index is 0.167. The first kappa shape index (κ1) is 14.8. The Labute approximate surface area is 119 Å². The molecule has 0 fully saturated rings. The Morgan fingerprint density at radius 3 is 2.85 bits per heavy atom. The summed E-state index contributed by atoms with van der Waals surface area (Å²) in [7, 11) is -3.35. The van der Waals surface area contributed by atoms with Crippen molar-refractivity contribution >= 4 is 15.7 Å². The highest BCUT2D eigenvalue weighted by molar-refractivity contribution is 7.92. The van der Waals surface area contributed by atoms with Gasteiger partial charge in [0.2, 0.25) is 5.91 Å². The molecule has 0 spiro atoms. The summed E-state index contributed by atoms with van der Waals surface area (Å²) < 4.78 is 28.2. The molecule has 2 unspecified atom stereocenters. The van der Waals surface area contributed by atoms with E-state index in [4.69, 9.17) is 4.74 Å². The fourth-order valence-corrected chi connectivity index (χ4v) is 2.58. The van der Waals surface area contributed by atoms with Crippen LogP contribution in [0.1, 0.15) is 12.5 Å². The summed E-state index contributed by atoms with van der Waals surface area (Å²) in [6, 6.07) is 7.81. The standard InChI is InChI=1S/C14H19NO4S/c1-10(20(2,17)18)14(16)15-8-11-7-12-5-3-4-6-13(12)19-9-11/h3-6,10-11H,7-9H2,1-2H3,(H,15,16). The average molecular weight is 297 g/mol. The third-order valence-electron chi connectivity index (χ3n) is 3.53. The smallest absolute Gasteiger partial charge is 0.238 e. The number of rotatable bonds is 4. The monoisotopic (exact) mass is 297 g/mol. The number of carbonyl (C=O) groups excluding carboxylic acids is 1. The number of fused-ring (bicyclic) bond motifs is 1. The zero-order valence-electron chi connectivity index (χ0n) is 11.6. The van der Waals surface area contributed by atoms with E-state index in [0.717, 1.165) is 24.0 Å². The van der Waals surface area contributed by atoms with Crippen molar-refractivity contribution < 1.29 is 17.9 Å². The quantitative estimate of drug-likeness (QED) is 0.891. The minimum atomic E-state index is -3.35. The van der Waals surface area contributed by atoms with Crippen LogP contribution >= 0.6 is 0 Å². The lowest BCUT2D eigenvalue weighted by molar-refractivity contribution is -0.120. The Morgan fingerprint density at radius 1 is 1.45 bits per heavy atom. The summed E-state index contributed by atoms with van der Waals surface area (Å²) in [6.45, 7) is 2.36. The van der Waals surface area contributed by atoms with Gasteiger partial charge in [-0.05, 0) is 25.0 Å². The number of carbonyl (C=O) groups is 1. The Hall–Kier alpha value is -1.56. The molecule has 5 nitrogen and oxygen atoms in total. The Kier molecular flexibility index (Phi) is 4.32. The highest BCUT2D eigenvalue weighted by atomic mass is 32.2. The van der Waals surface area contributed by atoms with E-state index in [1.807, 2.05) is 24.3 Å². The molecule has 1 aromatic rings. The van der Waals surface area contributed by atoms with Gasteiger partial charge in [-0.3, -0.25) is 4.79 Å². The number of hydrogen-bond acceptors (Lipinski definition) is 4. The van der Waals surface area contributed by atoms with Crippen LogP contribution in [-0.2, 0) is 21.1 Å². The lowest BCUT2D eigenvalue weighted by Gasteiger charge is -2.25. The van der Waals surface area contributed by atoms with Crippen LogP contribution in [-0.4, -0.2) is 39.0 Å². The summed E-state index contributed by atoms with van der Waals surface area (Å²) in [5, 5.41) is 1.68. The molecule has 110 valence electrons. The molecular weight excluding hydrogens is 278 g/mol. The molecule has 0 radical (unpaired) electrons. The van der Waals surface area contributed by atoms with Gasteiger partial charge in [0.15, 0.2) is 9.84 Å². The summed E-state index contributed by atoms with van der Waals surface area (Å²) in [4.78, 5) is 11.7. The maximum Gasteiger partial charge on any atom is 0.238 e. The SMILES string of the molecule is CC(C(=O)NCC1COc2ccccc2C1)S(C)(=O)=O. The first-order chi connectivity index (χ1) is 9.38. The molecule has 0 aliphatic carbocycles. The van der Waals surface area contributed by atoms with E-state index >= 15 is 0 Å². The van der Waals surface area contributed by atoms with Crippen molar-refractivity contribution in [2.24, 2.45) is 5.92 Å². The third kappa shape index (κ3) is 3.50. The largest absolute Gasteiger partial charge is 0.493 e. The van der Waals surface area contributed by atoms with E-state index < -0.39 is 21.0 Å². The zero-order valence-corrected chi connectivity index (χ0v) is 12.4. The van der Waals surface area contributed by atoms with Crippen molar-refractivity contribution in [3.05, 3.63) is 29.8 Å². The Bertz CT molecular complexity index is 597. The lowest BCUT2D eigenvalue weighted by Crippen LogP contribution is -2.41. The van der Waals surface area contributed by atoms with Gasteiger partial charge in [-0.25, -0.2) is 8.42 Å². The van der Waals surface area contributed by atoms with Crippen molar-refractivity contribution in [1.29, 1.82) is 0 Å². The molecule has 6 heteroatoms. The number of hydrogen-bond donors (Lipinski definition) is 1. The van der Waals surface area contributed by atoms with Gasteiger partial charge < -0.3 is 10.1 Å². The Balaban J connectivity index is 1.89. The summed E-state index contributed by atoms with van der Waals surface area (Å²) in [5.74, 6) is 0.603. The van der Waals surface area contributed by atoms with Crippen LogP contribution in [0.4, 0.5) is 0 Å². The topological polar surface area (TPSA) is 72.5 Å². The normalized spacial score (nSPS) is 19.6. The molecule has 1 aliphatic rings. The van der Waals surface area contributed by atoms with Gasteiger partial charge >= 0.3 is 0 Å². The van der Waals surface area contributed by atoms with E-state index in [9.17, 15) is 13.2 Å². The molecule has 1 N–H and O–H groups in total. The second-order valence-corrected chi connectivity index (χ2v) is 7.57. The number of para-hydroxylation sites is 1. The zero-order chi connectivity index (χ0) is 14.8. The predicted molar refractivity (Wildman–Crippen MR) is 76.4 cm³/mol. The van der Waals surface area contributed by atoms with Crippen LogP contribution in [0.15, 0.2) is 24.3 Å². The highest BCUT2D eigenvalue weighted by Gasteiger charge is 2.25. The number of amides is 1. The molecule has 0 saturated heterocycles.